The fraction of sp³-hybridized carbons (Fsp3) is 0.611. The molecule has 0 saturated carbocycles. The third-order valence-corrected chi connectivity index (χ3v) is 8.90. The van der Waals surface area contributed by atoms with E-state index in [4.69, 9.17) is 4.74 Å². The number of benzene rings is 1. The minimum absolute atomic E-state index is 0.0438. The van der Waals surface area contributed by atoms with Crippen LogP contribution in [0.25, 0.3) is 5.53 Å². The molecule has 0 atom stereocenters. The number of aryl methyl sites for hydroxylation is 1. The predicted octanol–water partition coefficient (Wildman–Crippen LogP) is 3.53. The Labute approximate surface area is 162 Å². The zero-order chi connectivity index (χ0) is 20.9. The lowest BCUT2D eigenvalue weighted by Gasteiger charge is -2.16. The Hall–Kier alpha value is -1.70. The molecule has 0 fully saturated rings. The summed E-state index contributed by atoms with van der Waals surface area (Å²) in [6.07, 6.45) is 3.81. The molecule has 0 unspecified atom stereocenters. The first-order valence-electron chi connectivity index (χ1n) is 8.84. The van der Waals surface area contributed by atoms with Gasteiger partial charge < -0.3 is 10.3 Å². The van der Waals surface area contributed by atoms with E-state index in [9.17, 15) is 22.4 Å². The second-order valence-corrected chi connectivity index (χ2v) is 12.1. The largest absolute Gasteiger partial charge is 0.500 e. The predicted molar refractivity (Wildman–Crippen MR) is 105 cm³/mol. The molecule has 0 aromatic heterocycles. The summed E-state index contributed by atoms with van der Waals surface area (Å²) in [6, 6.07) is 4.48. The summed E-state index contributed by atoms with van der Waals surface area (Å²) in [5.41, 5.74) is 9.85. The van der Waals surface area contributed by atoms with Crippen LogP contribution in [-0.2, 0) is 19.7 Å². The molecule has 0 spiro atoms. The molecule has 1 rings (SSSR count). The molecule has 0 aliphatic carbocycles. The van der Waals surface area contributed by atoms with Crippen molar-refractivity contribution in [2.24, 2.45) is 0 Å². The number of hydrogen-bond acceptors (Lipinski definition) is 5. The van der Waals surface area contributed by atoms with Gasteiger partial charge in [-0.2, -0.15) is 0 Å². The van der Waals surface area contributed by atoms with Crippen LogP contribution in [-0.4, -0.2) is 37.4 Å². The highest BCUT2D eigenvalue weighted by Crippen LogP contribution is 2.30. The van der Waals surface area contributed by atoms with E-state index in [1.807, 2.05) is 0 Å². The van der Waals surface area contributed by atoms with E-state index in [2.05, 4.69) is 11.7 Å². The Morgan fingerprint density at radius 3 is 2.26 bits per heavy atom. The third kappa shape index (κ3) is 5.40. The summed E-state index contributed by atoms with van der Waals surface area (Å²) in [5.74, 6) is 0.0438. The van der Waals surface area contributed by atoms with Crippen LogP contribution < -0.4 is 4.74 Å². The third-order valence-electron chi connectivity index (χ3n) is 3.99. The van der Waals surface area contributed by atoms with E-state index < -0.39 is 28.8 Å². The van der Waals surface area contributed by atoms with Crippen molar-refractivity contribution in [1.29, 1.82) is 0 Å². The number of hydrogen-bond donors (Lipinski definition) is 0. The molecule has 0 aliphatic rings. The minimum Gasteiger partial charge on any atom is -0.492 e. The van der Waals surface area contributed by atoms with Gasteiger partial charge in [0.15, 0.2) is 0 Å². The van der Waals surface area contributed by atoms with Gasteiger partial charge in [-0.25, -0.2) is 16.8 Å². The lowest BCUT2D eigenvalue weighted by Crippen LogP contribution is -2.39. The smallest absolute Gasteiger partial charge is 0.492 e. The molecule has 0 amide bonds. The van der Waals surface area contributed by atoms with Crippen molar-refractivity contribution in [3.63, 3.8) is 0 Å². The van der Waals surface area contributed by atoms with Gasteiger partial charge in [0.1, 0.15) is 10.6 Å². The highest BCUT2D eigenvalue weighted by Gasteiger charge is 2.50. The maximum atomic E-state index is 13.0. The monoisotopic (exact) mass is 416 g/mol. The summed E-state index contributed by atoms with van der Waals surface area (Å²) in [4.78, 5) is 2.33. The van der Waals surface area contributed by atoms with Gasteiger partial charge in [0.05, 0.1) is 11.4 Å². The molecular weight excluding hydrogens is 388 g/mol. The average molecular weight is 417 g/mol. The number of rotatable bonds is 7. The van der Waals surface area contributed by atoms with E-state index in [0.29, 0.717) is 12.2 Å². The fourth-order valence-electron chi connectivity index (χ4n) is 2.26. The van der Waals surface area contributed by atoms with Gasteiger partial charge in [0, 0.05) is 0 Å². The molecular formula is C18H28N2O5S2. The normalized spacial score (nSPS) is 12.5. The first-order chi connectivity index (χ1) is 12.4. The molecule has 0 N–H and O–H groups in total. The fourth-order valence-corrected chi connectivity index (χ4v) is 6.10. The molecule has 152 valence electrons. The average Bonchev–Trinajstić information content (AvgIpc) is 2.54. The number of nitrogens with zero attached hydrogens (tertiary/aromatic N) is 2. The molecule has 0 radical (unpaired) electrons. The summed E-state index contributed by atoms with van der Waals surface area (Å²) < 4.78 is 54.2. The second kappa shape index (κ2) is 8.99. The summed E-state index contributed by atoms with van der Waals surface area (Å²) in [5, 5.41) is 0. The first kappa shape index (κ1) is 23.3. The van der Waals surface area contributed by atoms with Crippen molar-refractivity contribution >= 4 is 24.1 Å². The standard InChI is InChI=1S/C18H28N2O5S2/c1-6-7-8-9-12-25-15-11-10-14(2)13-16(15)26(21,22)17(20-19)27(23,24)18(3,4)5/h10-11,13H,6-9,12H2,1-5H3. The highest BCUT2D eigenvalue weighted by atomic mass is 32.3. The Bertz CT molecular complexity index is 923. The van der Waals surface area contributed by atoms with Crippen LogP contribution >= 0.6 is 0 Å². The highest BCUT2D eigenvalue weighted by molar-refractivity contribution is 8.31. The molecule has 0 heterocycles. The van der Waals surface area contributed by atoms with Crippen molar-refractivity contribution in [2.75, 3.05) is 6.61 Å². The molecule has 9 heteroatoms. The number of sulfone groups is 2. The van der Waals surface area contributed by atoms with Crippen LogP contribution in [0, 0.1) is 6.92 Å². The van der Waals surface area contributed by atoms with E-state index in [-0.39, 0.29) is 10.6 Å². The van der Waals surface area contributed by atoms with Gasteiger partial charge in [0.25, 0.3) is 19.7 Å². The zero-order valence-corrected chi connectivity index (χ0v) is 18.2. The van der Waals surface area contributed by atoms with Crippen LogP contribution in [0.4, 0.5) is 0 Å². The minimum atomic E-state index is -4.61. The lowest BCUT2D eigenvalue weighted by atomic mass is 10.2. The molecule has 7 nitrogen and oxygen atoms in total. The number of unbranched alkanes of at least 4 members (excludes halogenated alkanes) is 3. The molecule has 0 saturated heterocycles. The summed E-state index contributed by atoms with van der Waals surface area (Å²) >= 11 is 0. The van der Waals surface area contributed by atoms with Gasteiger partial charge in [0.2, 0.25) is 0 Å². The van der Waals surface area contributed by atoms with Gasteiger partial charge in [-0.3, -0.25) is 0 Å². The summed E-state index contributed by atoms with van der Waals surface area (Å²) in [6.45, 7) is 8.08. The van der Waals surface area contributed by atoms with Crippen molar-refractivity contribution in [3.05, 3.63) is 29.3 Å². The molecule has 1 aromatic rings. The first-order valence-corrected chi connectivity index (χ1v) is 11.8. The van der Waals surface area contributed by atoms with Gasteiger partial charge in [-0.05, 0) is 51.8 Å². The SMILES string of the molecule is CCCCCCOc1ccc(C)cc1S(=O)(=O)C(=[N+]=[N-])S(=O)(=O)C(C)(C)C. The van der Waals surface area contributed by atoms with Crippen LogP contribution in [0.15, 0.2) is 23.1 Å². The quantitative estimate of drug-likeness (QED) is 0.222. The topological polar surface area (TPSA) is 114 Å². The van der Waals surface area contributed by atoms with Crippen LogP contribution in [0.3, 0.4) is 0 Å². The van der Waals surface area contributed by atoms with E-state index in [1.165, 1.54) is 32.9 Å². The van der Waals surface area contributed by atoms with E-state index >= 15 is 0 Å². The number of ether oxygens (including phenoxy) is 1. The van der Waals surface area contributed by atoms with Crippen molar-refractivity contribution < 1.29 is 26.4 Å². The Kier molecular flexibility index (Phi) is 7.77. The zero-order valence-electron chi connectivity index (χ0n) is 16.5. The second-order valence-electron chi connectivity index (χ2n) is 7.34. The molecule has 27 heavy (non-hydrogen) atoms. The van der Waals surface area contributed by atoms with Crippen LogP contribution in [0.1, 0.15) is 58.9 Å². The Balaban J connectivity index is 3.37. The lowest BCUT2D eigenvalue weighted by molar-refractivity contribution is 0.00365. The van der Waals surface area contributed by atoms with Gasteiger partial charge >= 0.3 is 4.38 Å². The van der Waals surface area contributed by atoms with Crippen molar-refractivity contribution in [1.82, 2.24) is 0 Å². The van der Waals surface area contributed by atoms with Gasteiger partial charge in [-0.15, -0.1) is 4.79 Å². The van der Waals surface area contributed by atoms with E-state index in [0.717, 1.165) is 25.7 Å². The van der Waals surface area contributed by atoms with Gasteiger partial charge in [-0.1, -0.05) is 32.3 Å². The maximum Gasteiger partial charge on any atom is 0.500 e. The Morgan fingerprint density at radius 2 is 1.74 bits per heavy atom. The molecule has 1 aromatic carbocycles. The summed E-state index contributed by atoms with van der Waals surface area (Å²) in [7, 11) is -9.01. The Morgan fingerprint density at radius 1 is 1.11 bits per heavy atom. The maximum absolute atomic E-state index is 13.0. The van der Waals surface area contributed by atoms with Crippen LogP contribution in [0.2, 0.25) is 0 Å². The van der Waals surface area contributed by atoms with Crippen LogP contribution in [0.5, 0.6) is 5.75 Å². The molecule has 0 aliphatic heterocycles. The van der Waals surface area contributed by atoms with Crippen molar-refractivity contribution in [3.8, 4) is 5.75 Å². The molecule has 0 bridgehead atoms. The van der Waals surface area contributed by atoms with E-state index in [1.54, 1.807) is 13.0 Å². The van der Waals surface area contributed by atoms with Crippen molar-refractivity contribution in [2.45, 2.75) is 69.9 Å².